The molecular weight excluding hydrogens is 1350 g/mol. The van der Waals surface area contributed by atoms with Crippen molar-refractivity contribution in [2.45, 2.75) is 38.5 Å². The van der Waals surface area contributed by atoms with E-state index in [1.54, 1.807) is 0 Å². The molecule has 2 aliphatic carbocycles. The highest BCUT2D eigenvalue weighted by Gasteiger charge is 2.41. The van der Waals surface area contributed by atoms with Crippen LogP contribution in [0.3, 0.4) is 0 Å². The van der Waals surface area contributed by atoms with Crippen LogP contribution in [0.15, 0.2) is 303 Å². The summed E-state index contributed by atoms with van der Waals surface area (Å²) in [5, 5.41) is 26.2. The molecule has 0 aliphatic heterocycles. The molecule has 0 saturated heterocycles. The van der Waals surface area contributed by atoms with E-state index < -0.39 is 0 Å². The average molecular weight is 1420 g/mol. The zero-order valence-electron chi connectivity index (χ0n) is 58.5. The molecule has 0 saturated carbocycles. The lowest BCUT2D eigenvalue weighted by Gasteiger charge is -2.25. The molecule has 0 bridgehead atoms. The van der Waals surface area contributed by atoms with Crippen LogP contribution in [-0.4, -0.2) is 0 Å². The van der Waals surface area contributed by atoms with Gasteiger partial charge in [0.05, 0.1) is 0 Å². The maximum absolute atomic E-state index is 2.58. The normalized spacial score (nSPS) is 13.8. The number of fused-ring (bicyclic) bond motifs is 29. The van der Waals surface area contributed by atoms with Crippen LogP contribution in [0.2, 0.25) is 0 Å². The highest BCUT2D eigenvalue weighted by atomic mass is 32.1. The second kappa shape index (κ2) is 21.5. The summed E-state index contributed by atoms with van der Waals surface area (Å²) in [6.45, 7) is 9.91. The van der Waals surface area contributed by atoms with Crippen LogP contribution in [0, 0.1) is 0 Å². The van der Waals surface area contributed by atoms with Crippen LogP contribution in [0.1, 0.15) is 49.9 Å². The van der Waals surface area contributed by atoms with Crippen LogP contribution in [-0.2, 0) is 10.8 Å². The van der Waals surface area contributed by atoms with Gasteiger partial charge in [-0.1, -0.05) is 276 Å². The number of hydrogen-bond acceptors (Lipinski definition) is 4. The predicted octanol–water partition coefficient (Wildman–Crippen LogP) is 31.0. The van der Waals surface area contributed by atoms with Crippen molar-refractivity contribution < 1.29 is 0 Å². The molecular formula is C102H62S4. The maximum atomic E-state index is 2.58. The number of benzene rings is 18. The Morgan fingerprint density at radius 3 is 1.25 bits per heavy atom. The zero-order valence-corrected chi connectivity index (χ0v) is 61.8. The van der Waals surface area contributed by atoms with Crippen LogP contribution in [0.4, 0.5) is 0 Å². The average Bonchev–Trinajstić information content (AvgIpc) is 1.50. The summed E-state index contributed by atoms with van der Waals surface area (Å²) < 4.78 is 10.7. The van der Waals surface area contributed by atoms with Crippen molar-refractivity contribution in [3.05, 3.63) is 326 Å². The fourth-order valence-corrected chi connectivity index (χ4v) is 24.8. The molecule has 22 aromatic rings. The van der Waals surface area contributed by atoms with Gasteiger partial charge in [-0.25, -0.2) is 0 Å². The first-order valence-corrected chi connectivity index (χ1v) is 40.2. The van der Waals surface area contributed by atoms with Crippen LogP contribution in [0.25, 0.3) is 223 Å². The minimum absolute atomic E-state index is 0.234. The molecule has 4 heteroatoms. The van der Waals surface area contributed by atoms with Crippen LogP contribution >= 0.6 is 45.3 Å². The first kappa shape index (κ1) is 59.7. The molecule has 0 radical (unpaired) electrons. The van der Waals surface area contributed by atoms with Crippen molar-refractivity contribution in [2.24, 2.45) is 0 Å². The van der Waals surface area contributed by atoms with Gasteiger partial charge in [-0.2, -0.15) is 0 Å². The van der Waals surface area contributed by atoms with E-state index in [9.17, 15) is 0 Å². The van der Waals surface area contributed by atoms with Crippen molar-refractivity contribution in [1.82, 2.24) is 0 Å². The van der Waals surface area contributed by atoms with Gasteiger partial charge in [0.15, 0.2) is 0 Å². The van der Waals surface area contributed by atoms with Crippen LogP contribution < -0.4 is 0 Å². The summed E-state index contributed by atoms with van der Waals surface area (Å²) in [7, 11) is 0. The minimum atomic E-state index is -0.344. The van der Waals surface area contributed by atoms with Gasteiger partial charge in [0, 0.05) is 91.5 Å². The fraction of sp³-hybridized carbons (Fsp3) is 0.0588. The molecule has 0 unspecified atom stereocenters. The molecule has 0 nitrogen and oxygen atoms in total. The Kier molecular flexibility index (Phi) is 12.1. The van der Waals surface area contributed by atoms with E-state index in [0.29, 0.717) is 0 Å². The summed E-state index contributed by atoms with van der Waals surface area (Å²) in [4.78, 5) is 0. The number of thiophene rings is 4. The van der Waals surface area contributed by atoms with E-state index in [1.807, 2.05) is 45.3 Å². The van der Waals surface area contributed by atoms with Crippen molar-refractivity contribution >= 4 is 191 Å². The summed E-state index contributed by atoms with van der Waals surface area (Å²) in [5.41, 5.74) is 23.1. The van der Waals surface area contributed by atoms with Crippen molar-refractivity contribution in [2.75, 3.05) is 0 Å². The molecule has 24 rings (SSSR count). The lowest BCUT2D eigenvalue weighted by molar-refractivity contribution is 0.666. The summed E-state index contributed by atoms with van der Waals surface area (Å²) >= 11 is 7.70. The quantitative estimate of drug-likeness (QED) is 0.151. The van der Waals surface area contributed by atoms with E-state index >= 15 is 0 Å². The Labute approximate surface area is 627 Å². The molecule has 0 amide bonds. The third-order valence-electron chi connectivity index (χ3n) is 24.6. The van der Waals surface area contributed by atoms with Gasteiger partial charge < -0.3 is 0 Å². The zero-order chi connectivity index (χ0) is 69.7. The van der Waals surface area contributed by atoms with Gasteiger partial charge in [-0.3, -0.25) is 0 Å². The van der Waals surface area contributed by atoms with Crippen molar-refractivity contribution in [3.8, 4) is 77.9 Å². The highest BCUT2D eigenvalue weighted by Crippen LogP contribution is 2.61. The standard InChI is InChI=1S/C102H62S4/c1-101(2)83-48-39-56(90-64-22-5-7-24-66(64)91(67-25-8-6-23-65(67)90)57-40-49-88-81(52-57)62-21-14-17-34-86(62)103-88)51-80(83)73-45-46-75-72(96(73)101)44-47-76-74-32-19-31-60(98(74)106-99(75)76)55-36-42-77-82(50-55)97-94(95-79-30-15-18-35-87(79)105-100(77)95)78-43-38-58(53-84(78)102(97,3)4)92-68-26-9-11-28-70(68)93(71-29-12-10-27-69(71)92)59-37-41-63-61-20-13-16-33-85(61)104-89(63)54-59/h5-54H,1-4H3. The van der Waals surface area contributed by atoms with Gasteiger partial charge in [0.2, 0.25) is 0 Å². The van der Waals surface area contributed by atoms with E-state index in [4.69, 9.17) is 0 Å². The second-order valence-corrected chi connectivity index (χ2v) is 34.9. The monoisotopic (exact) mass is 1410 g/mol. The van der Waals surface area contributed by atoms with Crippen LogP contribution in [0.5, 0.6) is 0 Å². The molecule has 0 spiro atoms. The molecule has 0 N–H and O–H groups in total. The van der Waals surface area contributed by atoms with Crippen molar-refractivity contribution in [3.63, 3.8) is 0 Å². The predicted molar refractivity (Wildman–Crippen MR) is 465 cm³/mol. The second-order valence-electron chi connectivity index (χ2n) is 30.7. The molecule has 2 aliphatic rings. The number of rotatable bonds is 5. The highest BCUT2D eigenvalue weighted by molar-refractivity contribution is 7.28. The van der Waals surface area contributed by atoms with Gasteiger partial charge in [-0.15, -0.1) is 45.3 Å². The minimum Gasteiger partial charge on any atom is -0.135 e. The van der Waals surface area contributed by atoms with E-state index in [2.05, 4.69) is 331 Å². The molecule has 0 fully saturated rings. The smallest absolute Gasteiger partial charge is 0.0440 e. The first-order chi connectivity index (χ1) is 52.1. The Morgan fingerprint density at radius 1 is 0.189 bits per heavy atom. The van der Waals surface area contributed by atoms with E-state index in [-0.39, 0.29) is 10.8 Å². The molecule has 494 valence electrons. The third kappa shape index (κ3) is 8.01. The van der Waals surface area contributed by atoms with Gasteiger partial charge in [0.1, 0.15) is 0 Å². The van der Waals surface area contributed by atoms with Gasteiger partial charge in [0.25, 0.3) is 0 Å². The number of hydrogen-bond donors (Lipinski definition) is 0. The first-order valence-electron chi connectivity index (χ1n) is 36.9. The summed E-state index contributed by atoms with van der Waals surface area (Å²) in [6.07, 6.45) is 0. The largest absolute Gasteiger partial charge is 0.135 e. The third-order valence-corrected chi connectivity index (χ3v) is 29.3. The lowest BCUT2D eigenvalue weighted by atomic mass is 9.78. The molecule has 0 atom stereocenters. The molecule has 106 heavy (non-hydrogen) atoms. The van der Waals surface area contributed by atoms with Crippen molar-refractivity contribution in [1.29, 1.82) is 0 Å². The molecule has 4 aromatic heterocycles. The SMILES string of the molecule is CC1(C)c2ccc(-c3c4ccccc4c(-c4ccc5sc6ccccc6c5c4)c4ccccc34)cc2-c2ccc3c(ccc4c5cccc(-c6ccc7c(c6)c6c(c8c9ccccc9sc78)-c7ccc(-c8c9ccccc9c(-c9ccc%10c(c9)sc9ccccc9%10)c9ccccc89)cc7C6(C)C)c5sc34)c21. The summed E-state index contributed by atoms with van der Waals surface area (Å²) in [6, 6.07) is 117. The Bertz CT molecular complexity index is 7650. The Hall–Kier alpha value is -11.6. The van der Waals surface area contributed by atoms with E-state index in [0.717, 1.165) is 0 Å². The topological polar surface area (TPSA) is 0 Å². The molecule has 4 heterocycles. The lowest BCUT2D eigenvalue weighted by Crippen LogP contribution is -2.15. The summed E-state index contributed by atoms with van der Waals surface area (Å²) in [5.74, 6) is 0. The molecule has 18 aromatic carbocycles. The fourth-order valence-electron chi connectivity index (χ4n) is 20.0. The van der Waals surface area contributed by atoms with Gasteiger partial charge >= 0.3 is 0 Å². The van der Waals surface area contributed by atoms with Gasteiger partial charge in [-0.05, 0) is 219 Å². The Morgan fingerprint density at radius 2 is 0.594 bits per heavy atom. The maximum Gasteiger partial charge on any atom is 0.0440 e. The Balaban J connectivity index is 0.639. The van der Waals surface area contributed by atoms with E-state index in [1.165, 1.54) is 245 Å².